The molecule has 24 heavy (non-hydrogen) atoms. The topological polar surface area (TPSA) is 87.3 Å². The fourth-order valence-corrected chi connectivity index (χ4v) is 2.36. The smallest absolute Gasteiger partial charge is 0.357 e. The molecule has 0 aliphatic rings. The van der Waals surface area contributed by atoms with Crippen LogP contribution in [-0.2, 0) is 11.2 Å². The van der Waals surface area contributed by atoms with Crippen molar-refractivity contribution in [3.63, 3.8) is 0 Å². The number of nitrogen functional groups attached to an aromatic ring is 1. The quantitative estimate of drug-likeness (QED) is 0.833. The van der Waals surface area contributed by atoms with Gasteiger partial charge in [-0.05, 0) is 11.6 Å². The van der Waals surface area contributed by atoms with Crippen LogP contribution in [0.15, 0.2) is 18.7 Å². The van der Waals surface area contributed by atoms with E-state index < -0.39 is 11.8 Å². The molecule has 0 saturated carbocycles. The monoisotopic (exact) mass is 351 g/mol. The van der Waals surface area contributed by atoms with Crippen molar-refractivity contribution in [1.82, 2.24) is 9.97 Å². The van der Waals surface area contributed by atoms with E-state index in [0.29, 0.717) is 0 Å². The van der Waals surface area contributed by atoms with Crippen molar-refractivity contribution in [3.8, 4) is 5.75 Å². The molecule has 2 rings (SSSR count). The SMILES string of the molecule is C=Cc1c(N)nc(Cc2ccc(Cl)c(OC)c2F)nc1C(=O)OC. The van der Waals surface area contributed by atoms with Crippen molar-refractivity contribution in [3.05, 3.63) is 52.2 Å². The summed E-state index contributed by atoms with van der Waals surface area (Å²) in [7, 11) is 2.54. The number of methoxy groups -OCH3 is 2. The van der Waals surface area contributed by atoms with Crippen LogP contribution in [0, 0.1) is 5.82 Å². The molecule has 0 aliphatic carbocycles. The van der Waals surface area contributed by atoms with E-state index in [1.165, 1.54) is 32.4 Å². The molecule has 1 aromatic heterocycles. The molecule has 0 amide bonds. The van der Waals surface area contributed by atoms with E-state index in [9.17, 15) is 9.18 Å². The largest absolute Gasteiger partial charge is 0.492 e. The molecule has 126 valence electrons. The van der Waals surface area contributed by atoms with Gasteiger partial charge in [0.1, 0.15) is 11.6 Å². The maximum absolute atomic E-state index is 14.4. The molecule has 1 heterocycles. The molecule has 0 saturated heterocycles. The van der Waals surface area contributed by atoms with Crippen molar-refractivity contribution in [2.75, 3.05) is 20.0 Å². The van der Waals surface area contributed by atoms with E-state index >= 15 is 0 Å². The highest BCUT2D eigenvalue weighted by molar-refractivity contribution is 6.32. The van der Waals surface area contributed by atoms with Crippen LogP contribution in [0.25, 0.3) is 6.08 Å². The average molecular weight is 352 g/mol. The van der Waals surface area contributed by atoms with Gasteiger partial charge in [0.05, 0.1) is 19.2 Å². The first kappa shape index (κ1) is 17.7. The fraction of sp³-hybridized carbons (Fsp3) is 0.188. The minimum atomic E-state index is -0.686. The summed E-state index contributed by atoms with van der Waals surface area (Å²) in [6, 6.07) is 2.99. The van der Waals surface area contributed by atoms with Crippen LogP contribution in [0.5, 0.6) is 5.75 Å². The Balaban J connectivity index is 2.50. The number of anilines is 1. The standard InChI is InChI=1S/C16H15ClFN3O3/c1-4-9-13(16(22)24-3)20-11(21-15(9)19)7-8-5-6-10(17)14(23-2)12(8)18/h4-6H,1,7H2,2-3H3,(H2,19,20,21). The van der Waals surface area contributed by atoms with Gasteiger partial charge >= 0.3 is 5.97 Å². The normalized spacial score (nSPS) is 10.3. The van der Waals surface area contributed by atoms with Gasteiger partial charge in [0.25, 0.3) is 0 Å². The van der Waals surface area contributed by atoms with Gasteiger partial charge in [0.15, 0.2) is 17.3 Å². The fourth-order valence-electron chi connectivity index (χ4n) is 2.13. The zero-order chi connectivity index (χ0) is 17.9. The third-order valence-electron chi connectivity index (χ3n) is 3.29. The number of hydrogen-bond donors (Lipinski definition) is 1. The number of hydrogen-bond acceptors (Lipinski definition) is 6. The van der Waals surface area contributed by atoms with Gasteiger partial charge in [0, 0.05) is 12.0 Å². The van der Waals surface area contributed by atoms with Gasteiger partial charge in [0.2, 0.25) is 0 Å². The Labute approximate surface area is 143 Å². The van der Waals surface area contributed by atoms with Crippen LogP contribution in [0.3, 0.4) is 0 Å². The number of nitrogens with zero attached hydrogens (tertiary/aromatic N) is 2. The summed E-state index contributed by atoms with van der Waals surface area (Å²) in [4.78, 5) is 20.0. The molecule has 0 fully saturated rings. The Hall–Kier alpha value is -2.67. The van der Waals surface area contributed by atoms with Crippen molar-refractivity contribution in [2.24, 2.45) is 0 Å². The van der Waals surface area contributed by atoms with Crippen LogP contribution >= 0.6 is 11.6 Å². The summed E-state index contributed by atoms with van der Waals surface area (Å²) in [5.74, 6) is -1.18. The molecule has 2 N–H and O–H groups in total. The number of nitrogens with two attached hydrogens (primary N) is 1. The average Bonchev–Trinajstić information content (AvgIpc) is 2.56. The van der Waals surface area contributed by atoms with Crippen LogP contribution < -0.4 is 10.5 Å². The lowest BCUT2D eigenvalue weighted by atomic mass is 10.1. The second kappa shape index (κ2) is 7.27. The van der Waals surface area contributed by atoms with E-state index in [2.05, 4.69) is 21.3 Å². The molecule has 0 aliphatic heterocycles. The van der Waals surface area contributed by atoms with Gasteiger partial charge in [-0.2, -0.15) is 0 Å². The minimum Gasteiger partial charge on any atom is -0.492 e. The Morgan fingerprint density at radius 2 is 2.12 bits per heavy atom. The molecule has 6 nitrogen and oxygen atoms in total. The summed E-state index contributed by atoms with van der Waals surface area (Å²) in [5.41, 5.74) is 6.31. The number of aromatic nitrogens is 2. The molecule has 8 heteroatoms. The molecule has 0 bridgehead atoms. The Kier molecular flexibility index (Phi) is 5.35. The van der Waals surface area contributed by atoms with Crippen molar-refractivity contribution in [2.45, 2.75) is 6.42 Å². The number of carbonyl (C=O) groups is 1. The van der Waals surface area contributed by atoms with Crippen molar-refractivity contribution < 1.29 is 18.7 Å². The summed E-state index contributed by atoms with van der Waals surface area (Å²) in [5, 5.41) is 0.149. The van der Waals surface area contributed by atoms with E-state index in [1.54, 1.807) is 0 Å². The molecule has 0 unspecified atom stereocenters. The molecule has 0 spiro atoms. The second-order valence-electron chi connectivity index (χ2n) is 4.71. The maximum atomic E-state index is 14.4. The van der Waals surface area contributed by atoms with Gasteiger partial charge < -0.3 is 15.2 Å². The number of esters is 1. The lowest BCUT2D eigenvalue weighted by Crippen LogP contribution is -2.14. The summed E-state index contributed by atoms with van der Waals surface area (Å²) in [6.07, 6.45) is 1.35. The van der Waals surface area contributed by atoms with Crippen LogP contribution in [-0.4, -0.2) is 30.2 Å². The molecule has 0 radical (unpaired) electrons. The zero-order valence-corrected chi connectivity index (χ0v) is 13.9. The maximum Gasteiger partial charge on any atom is 0.357 e. The zero-order valence-electron chi connectivity index (χ0n) is 13.1. The van der Waals surface area contributed by atoms with E-state index in [0.717, 1.165) is 0 Å². The molecule has 1 aromatic carbocycles. The van der Waals surface area contributed by atoms with Crippen LogP contribution in [0.4, 0.5) is 10.2 Å². The molecule has 0 atom stereocenters. The van der Waals surface area contributed by atoms with Gasteiger partial charge in [-0.25, -0.2) is 19.2 Å². The Morgan fingerprint density at radius 1 is 1.42 bits per heavy atom. The Morgan fingerprint density at radius 3 is 2.71 bits per heavy atom. The second-order valence-corrected chi connectivity index (χ2v) is 5.12. The van der Waals surface area contributed by atoms with Crippen LogP contribution in [0.2, 0.25) is 5.02 Å². The number of benzene rings is 1. The highest BCUT2D eigenvalue weighted by atomic mass is 35.5. The third kappa shape index (κ3) is 3.30. The first-order valence-electron chi connectivity index (χ1n) is 6.80. The summed E-state index contributed by atoms with van der Waals surface area (Å²) >= 11 is 5.87. The van der Waals surface area contributed by atoms with Gasteiger partial charge in [-0.3, -0.25) is 0 Å². The van der Waals surface area contributed by atoms with Gasteiger partial charge in [-0.1, -0.05) is 30.3 Å². The molecule has 2 aromatic rings. The van der Waals surface area contributed by atoms with Gasteiger partial charge in [-0.15, -0.1) is 0 Å². The number of rotatable bonds is 5. The Bertz CT molecular complexity index is 812. The van der Waals surface area contributed by atoms with Crippen molar-refractivity contribution in [1.29, 1.82) is 0 Å². The number of carbonyl (C=O) groups excluding carboxylic acids is 1. The first-order valence-corrected chi connectivity index (χ1v) is 7.18. The minimum absolute atomic E-state index is 0.00895. The van der Waals surface area contributed by atoms with E-state index in [1.807, 2.05) is 0 Å². The predicted molar refractivity (Wildman–Crippen MR) is 88.6 cm³/mol. The lowest BCUT2D eigenvalue weighted by Gasteiger charge is -2.11. The number of ether oxygens (including phenoxy) is 2. The lowest BCUT2D eigenvalue weighted by molar-refractivity contribution is 0.0593. The molecular formula is C16H15ClFN3O3. The highest BCUT2D eigenvalue weighted by Gasteiger charge is 2.19. The predicted octanol–water partition coefficient (Wildman–Crippen LogP) is 2.88. The summed E-state index contributed by atoms with van der Waals surface area (Å²) in [6.45, 7) is 3.57. The third-order valence-corrected chi connectivity index (χ3v) is 3.58. The first-order chi connectivity index (χ1) is 11.4. The van der Waals surface area contributed by atoms with E-state index in [4.69, 9.17) is 22.1 Å². The number of halogens is 2. The van der Waals surface area contributed by atoms with Crippen LogP contribution in [0.1, 0.15) is 27.4 Å². The van der Waals surface area contributed by atoms with Crippen molar-refractivity contribution >= 4 is 29.5 Å². The molecular weight excluding hydrogens is 337 g/mol. The highest BCUT2D eigenvalue weighted by Crippen LogP contribution is 2.30. The summed E-state index contributed by atoms with van der Waals surface area (Å²) < 4.78 is 24.0. The van der Waals surface area contributed by atoms with E-state index in [-0.39, 0.29) is 45.7 Å².